The lowest BCUT2D eigenvalue weighted by Gasteiger charge is -2.31. The smallest absolute Gasteiger partial charge is 0.272 e. The second kappa shape index (κ2) is 8.11. The van der Waals surface area contributed by atoms with Crippen molar-refractivity contribution >= 4 is 5.91 Å². The van der Waals surface area contributed by atoms with Crippen molar-refractivity contribution in [2.75, 3.05) is 19.7 Å². The maximum atomic E-state index is 12.8. The Morgan fingerprint density at radius 1 is 1.30 bits per heavy atom. The zero-order valence-corrected chi connectivity index (χ0v) is 17.1. The molecule has 0 bridgehead atoms. The molecule has 7 heteroatoms. The summed E-state index contributed by atoms with van der Waals surface area (Å²) in [4.78, 5) is 15.3. The van der Waals surface area contributed by atoms with Crippen LogP contribution in [0.5, 0.6) is 5.75 Å². The summed E-state index contributed by atoms with van der Waals surface area (Å²) in [6.07, 6.45) is 6.12. The minimum absolute atomic E-state index is 0.128. The van der Waals surface area contributed by atoms with Crippen LogP contribution in [0.3, 0.4) is 0 Å². The predicted molar refractivity (Wildman–Crippen MR) is 111 cm³/mol. The van der Waals surface area contributed by atoms with Crippen LogP contribution in [0.1, 0.15) is 53.0 Å². The van der Waals surface area contributed by atoms with Crippen LogP contribution in [0, 0.1) is 17.2 Å². The maximum Gasteiger partial charge on any atom is 0.272 e. The largest absolute Gasteiger partial charge is 0.491 e. The van der Waals surface area contributed by atoms with E-state index in [0.29, 0.717) is 24.3 Å². The molecule has 5 rings (SSSR count). The molecule has 1 saturated carbocycles. The van der Waals surface area contributed by atoms with Crippen molar-refractivity contribution in [2.45, 2.75) is 51.2 Å². The molecule has 1 aliphatic carbocycles. The van der Waals surface area contributed by atoms with Gasteiger partial charge >= 0.3 is 0 Å². The van der Waals surface area contributed by atoms with Gasteiger partial charge in [0.2, 0.25) is 0 Å². The molecule has 2 aliphatic heterocycles. The summed E-state index contributed by atoms with van der Waals surface area (Å²) in [7, 11) is 0. The van der Waals surface area contributed by atoms with Gasteiger partial charge < -0.3 is 10.1 Å². The van der Waals surface area contributed by atoms with E-state index in [0.717, 1.165) is 49.1 Å². The Kier molecular flexibility index (Phi) is 5.17. The average Bonchev–Trinajstić information content (AvgIpc) is 3.16. The van der Waals surface area contributed by atoms with Crippen LogP contribution in [0.2, 0.25) is 0 Å². The van der Waals surface area contributed by atoms with Crippen molar-refractivity contribution in [1.82, 2.24) is 20.0 Å². The molecule has 30 heavy (non-hydrogen) atoms. The van der Waals surface area contributed by atoms with E-state index in [9.17, 15) is 4.79 Å². The summed E-state index contributed by atoms with van der Waals surface area (Å²) in [5.74, 6) is 1.55. The molecular formula is C23H27N5O2. The summed E-state index contributed by atoms with van der Waals surface area (Å²) in [5.41, 5.74) is 3.15. The van der Waals surface area contributed by atoms with E-state index in [1.165, 1.54) is 25.7 Å². The molecule has 0 saturated heterocycles. The monoisotopic (exact) mass is 405 g/mol. The molecule has 1 atom stereocenters. The molecule has 3 heterocycles. The van der Waals surface area contributed by atoms with Crippen LogP contribution in [-0.2, 0) is 19.5 Å². The van der Waals surface area contributed by atoms with Gasteiger partial charge in [0.1, 0.15) is 12.4 Å². The second-order valence-corrected chi connectivity index (χ2v) is 8.73. The fourth-order valence-electron chi connectivity index (χ4n) is 4.59. The first-order valence-corrected chi connectivity index (χ1v) is 10.9. The van der Waals surface area contributed by atoms with Crippen molar-refractivity contribution in [3.8, 4) is 11.8 Å². The molecule has 1 N–H and O–H groups in total. The van der Waals surface area contributed by atoms with Crippen LogP contribution in [-0.4, -0.2) is 46.3 Å². The number of nitrogens with zero attached hydrogens (tertiary/aromatic N) is 4. The Hall–Kier alpha value is -2.85. The number of benzene rings is 1. The van der Waals surface area contributed by atoms with Crippen LogP contribution < -0.4 is 10.1 Å². The number of fused-ring (bicyclic) bond motifs is 2. The highest BCUT2D eigenvalue weighted by Gasteiger charge is 2.26. The molecule has 1 aromatic carbocycles. The average molecular weight is 406 g/mol. The Morgan fingerprint density at radius 3 is 3.00 bits per heavy atom. The molecular weight excluding hydrogens is 378 g/mol. The first-order chi connectivity index (χ1) is 14.7. The molecule has 0 spiro atoms. The molecule has 1 amide bonds. The number of amides is 1. The van der Waals surface area contributed by atoms with Gasteiger partial charge in [-0.2, -0.15) is 10.4 Å². The van der Waals surface area contributed by atoms with Gasteiger partial charge in [-0.05, 0) is 55.1 Å². The lowest BCUT2D eigenvalue weighted by atomic mass is 9.83. The van der Waals surface area contributed by atoms with Crippen molar-refractivity contribution in [1.29, 1.82) is 5.26 Å². The molecule has 0 unspecified atom stereocenters. The zero-order chi connectivity index (χ0) is 20.5. The first-order valence-electron chi connectivity index (χ1n) is 10.9. The third-order valence-corrected chi connectivity index (χ3v) is 6.62. The molecule has 3 aliphatic rings. The molecule has 7 nitrogen and oxygen atoms in total. The molecule has 1 fully saturated rings. The topological polar surface area (TPSA) is 83.2 Å². The van der Waals surface area contributed by atoms with Gasteiger partial charge in [0.05, 0.1) is 29.9 Å². The lowest BCUT2D eigenvalue weighted by Crippen LogP contribution is -2.42. The van der Waals surface area contributed by atoms with Crippen molar-refractivity contribution in [2.24, 2.45) is 5.92 Å². The third kappa shape index (κ3) is 3.92. The van der Waals surface area contributed by atoms with E-state index >= 15 is 0 Å². The minimum atomic E-state index is -0.161. The van der Waals surface area contributed by atoms with E-state index < -0.39 is 0 Å². The van der Waals surface area contributed by atoms with E-state index in [1.54, 1.807) is 6.07 Å². The number of carbonyl (C=O) groups excluding carboxylic acids is 1. The van der Waals surface area contributed by atoms with Crippen LogP contribution in [0.15, 0.2) is 24.3 Å². The van der Waals surface area contributed by atoms with E-state index in [4.69, 9.17) is 10.00 Å². The number of rotatable bonds is 5. The van der Waals surface area contributed by atoms with Gasteiger partial charge in [0.15, 0.2) is 5.69 Å². The van der Waals surface area contributed by atoms with Crippen molar-refractivity contribution in [3.05, 3.63) is 46.8 Å². The second-order valence-electron chi connectivity index (χ2n) is 8.73. The fourth-order valence-corrected chi connectivity index (χ4v) is 4.59. The molecule has 0 radical (unpaired) electrons. The standard InChI is InChI=1S/C23H27N5O2/c24-13-17-4-5-22-18(10-17)11-19(15-30-22)25-23(29)21-12-20-14-27(8-9-28(20)26-21)7-6-16-2-1-3-16/h4-5,10,12,16,19H,1-3,6-9,11,14-15H2,(H,25,29)/t19-/m1/s1. The summed E-state index contributed by atoms with van der Waals surface area (Å²) >= 11 is 0. The number of ether oxygens (including phenoxy) is 1. The van der Waals surface area contributed by atoms with Gasteiger partial charge in [0.25, 0.3) is 5.91 Å². The van der Waals surface area contributed by atoms with E-state index in [1.807, 2.05) is 22.9 Å². The highest BCUT2D eigenvalue weighted by Crippen LogP contribution is 2.30. The molecule has 156 valence electrons. The van der Waals surface area contributed by atoms with E-state index in [-0.39, 0.29) is 11.9 Å². The van der Waals surface area contributed by atoms with Crippen LogP contribution in [0.25, 0.3) is 0 Å². The predicted octanol–water partition coefficient (Wildman–Crippen LogP) is 2.49. The lowest BCUT2D eigenvalue weighted by molar-refractivity contribution is 0.0909. The van der Waals surface area contributed by atoms with Gasteiger partial charge in [-0.3, -0.25) is 14.4 Å². The summed E-state index contributed by atoms with van der Waals surface area (Å²) in [6.45, 7) is 4.26. The quantitative estimate of drug-likeness (QED) is 0.826. The number of nitriles is 1. The van der Waals surface area contributed by atoms with Gasteiger partial charge in [-0.25, -0.2) is 0 Å². The highest BCUT2D eigenvalue weighted by atomic mass is 16.5. The number of hydrogen-bond acceptors (Lipinski definition) is 5. The Labute approximate surface area is 176 Å². The fraction of sp³-hybridized carbons (Fsp3) is 0.522. The number of nitrogens with one attached hydrogen (secondary N) is 1. The number of carbonyl (C=O) groups is 1. The number of aromatic nitrogens is 2. The maximum absolute atomic E-state index is 12.8. The summed E-state index contributed by atoms with van der Waals surface area (Å²) in [5, 5.41) is 16.7. The van der Waals surface area contributed by atoms with Crippen LogP contribution >= 0.6 is 0 Å². The van der Waals surface area contributed by atoms with Crippen LogP contribution in [0.4, 0.5) is 0 Å². The van der Waals surface area contributed by atoms with Crippen molar-refractivity contribution < 1.29 is 9.53 Å². The van der Waals surface area contributed by atoms with Gasteiger partial charge in [-0.1, -0.05) is 19.3 Å². The van der Waals surface area contributed by atoms with Crippen molar-refractivity contribution in [3.63, 3.8) is 0 Å². The van der Waals surface area contributed by atoms with Gasteiger partial charge in [0, 0.05) is 13.1 Å². The minimum Gasteiger partial charge on any atom is -0.491 e. The summed E-state index contributed by atoms with van der Waals surface area (Å²) in [6, 6.07) is 9.36. The molecule has 1 aromatic heterocycles. The number of hydrogen-bond donors (Lipinski definition) is 1. The molecule has 2 aromatic rings. The Bertz CT molecular complexity index is 988. The normalized spacial score (nSPS) is 21.0. The summed E-state index contributed by atoms with van der Waals surface area (Å²) < 4.78 is 7.74. The van der Waals surface area contributed by atoms with Gasteiger partial charge in [-0.15, -0.1) is 0 Å². The Morgan fingerprint density at radius 2 is 2.20 bits per heavy atom. The first kappa shape index (κ1) is 19.1. The Balaban J connectivity index is 1.19. The zero-order valence-electron chi connectivity index (χ0n) is 17.1. The highest BCUT2D eigenvalue weighted by molar-refractivity contribution is 5.92. The van der Waals surface area contributed by atoms with E-state index in [2.05, 4.69) is 21.4 Å². The third-order valence-electron chi connectivity index (χ3n) is 6.62. The SMILES string of the molecule is N#Cc1ccc2c(c1)C[C@@H](NC(=O)c1cc3n(n1)CCN(CCC1CCC1)C3)CO2.